The second-order valence-electron chi connectivity index (χ2n) is 5.15. The van der Waals surface area contributed by atoms with Gasteiger partial charge in [-0.15, -0.1) is 0 Å². The van der Waals surface area contributed by atoms with Crippen molar-refractivity contribution in [2.24, 2.45) is 0 Å². The number of nitrogens with zero attached hydrogens (tertiary/aromatic N) is 3. The van der Waals surface area contributed by atoms with Gasteiger partial charge >= 0.3 is 0 Å². The maximum atomic E-state index is 12.2. The van der Waals surface area contributed by atoms with Crippen LogP contribution >= 0.6 is 15.9 Å². The monoisotopic (exact) mass is 339 g/mol. The van der Waals surface area contributed by atoms with E-state index in [9.17, 15) is 4.79 Å². The third-order valence-corrected chi connectivity index (χ3v) is 4.30. The summed E-state index contributed by atoms with van der Waals surface area (Å²) in [5.41, 5.74) is 0. The highest BCUT2D eigenvalue weighted by Gasteiger charge is 2.30. The molecule has 1 aromatic heterocycles. The highest BCUT2D eigenvalue weighted by Crippen LogP contribution is 2.19. The molecule has 1 aromatic rings. The van der Waals surface area contributed by atoms with Crippen LogP contribution in [0.5, 0.6) is 0 Å². The van der Waals surface area contributed by atoms with Crippen LogP contribution in [-0.2, 0) is 9.53 Å². The van der Waals surface area contributed by atoms with Gasteiger partial charge in [-0.05, 0) is 40.9 Å². The van der Waals surface area contributed by atoms with Gasteiger partial charge in [0.1, 0.15) is 11.9 Å². The number of carbonyl (C=O) groups excluding carboxylic acids is 1. The molecule has 6 heteroatoms. The van der Waals surface area contributed by atoms with Gasteiger partial charge in [-0.3, -0.25) is 4.79 Å². The average molecular weight is 340 g/mol. The number of amides is 1. The smallest absolute Gasteiger partial charge is 0.251 e. The van der Waals surface area contributed by atoms with E-state index in [1.807, 2.05) is 17.0 Å². The second kappa shape index (κ2) is 6.10. The molecule has 2 aliphatic rings. The van der Waals surface area contributed by atoms with E-state index >= 15 is 0 Å². The van der Waals surface area contributed by atoms with Crippen LogP contribution in [0.1, 0.15) is 12.8 Å². The summed E-state index contributed by atoms with van der Waals surface area (Å²) in [6.07, 6.45) is 3.47. The average Bonchev–Trinajstić information content (AvgIpc) is 3.02. The van der Waals surface area contributed by atoms with Crippen molar-refractivity contribution in [1.29, 1.82) is 0 Å². The minimum absolute atomic E-state index is 0.158. The molecule has 0 bridgehead atoms. The number of halogens is 1. The fourth-order valence-electron chi connectivity index (χ4n) is 2.69. The largest absolute Gasteiger partial charge is 0.368 e. The molecule has 5 nitrogen and oxygen atoms in total. The molecule has 108 valence electrons. The Bertz CT molecular complexity index is 466. The number of carbonyl (C=O) groups is 1. The molecule has 0 aliphatic carbocycles. The van der Waals surface area contributed by atoms with Gasteiger partial charge < -0.3 is 14.5 Å². The predicted molar refractivity (Wildman–Crippen MR) is 79.7 cm³/mol. The quantitative estimate of drug-likeness (QED) is 0.822. The van der Waals surface area contributed by atoms with Gasteiger partial charge in [0.25, 0.3) is 5.91 Å². The third kappa shape index (κ3) is 2.96. The van der Waals surface area contributed by atoms with Crippen molar-refractivity contribution in [3.63, 3.8) is 0 Å². The summed E-state index contributed by atoms with van der Waals surface area (Å²) in [4.78, 5) is 20.8. The van der Waals surface area contributed by atoms with Gasteiger partial charge in [-0.1, -0.05) is 0 Å². The molecule has 2 aliphatic heterocycles. The van der Waals surface area contributed by atoms with Gasteiger partial charge in [-0.25, -0.2) is 4.98 Å². The van der Waals surface area contributed by atoms with Crippen LogP contribution in [0.15, 0.2) is 22.8 Å². The number of anilines is 1. The molecule has 0 spiro atoms. The first-order chi connectivity index (χ1) is 9.74. The van der Waals surface area contributed by atoms with Crippen LogP contribution in [0.3, 0.4) is 0 Å². The van der Waals surface area contributed by atoms with E-state index in [0.29, 0.717) is 0 Å². The van der Waals surface area contributed by atoms with Crippen molar-refractivity contribution in [2.75, 3.05) is 37.7 Å². The number of piperazine rings is 1. The second-order valence-corrected chi connectivity index (χ2v) is 6.06. The normalized spacial score (nSPS) is 23.1. The fraction of sp³-hybridized carbons (Fsp3) is 0.571. The van der Waals surface area contributed by atoms with E-state index in [4.69, 9.17) is 4.74 Å². The summed E-state index contributed by atoms with van der Waals surface area (Å²) < 4.78 is 6.45. The van der Waals surface area contributed by atoms with Crippen LogP contribution in [0.2, 0.25) is 0 Å². The van der Waals surface area contributed by atoms with Crippen molar-refractivity contribution in [3.05, 3.63) is 22.8 Å². The van der Waals surface area contributed by atoms with Crippen molar-refractivity contribution >= 4 is 27.7 Å². The SMILES string of the molecule is O=C([C@H]1CCCO1)N1CCN(c2ccc(Br)cn2)CC1. The Hall–Kier alpha value is -1.14. The van der Waals surface area contributed by atoms with Gasteiger partial charge in [-0.2, -0.15) is 0 Å². The number of hydrogen-bond donors (Lipinski definition) is 0. The number of ether oxygens (including phenoxy) is 1. The van der Waals surface area contributed by atoms with Crippen LogP contribution in [0.4, 0.5) is 5.82 Å². The van der Waals surface area contributed by atoms with Gasteiger partial charge in [0.2, 0.25) is 0 Å². The topological polar surface area (TPSA) is 45.7 Å². The zero-order valence-corrected chi connectivity index (χ0v) is 12.9. The van der Waals surface area contributed by atoms with E-state index in [2.05, 4.69) is 25.8 Å². The number of pyridine rings is 1. The van der Waals surface area contributed by atoms with E-state index in [1.54, 1.807) is 6.20 Å². The molecule has 2 fully saturated rings. The standard InChI is InChI=1S/C14H18BrN3O2/c15-11-3-4-13(16-10-11)17-5-7-18(8-6-17)14(19)12-2-1-9-20-12/h3-4,10,12H,1-2,5-9H2/t12-/m1/s1. The van der Waals surface area contributed by atoms with Crippen molar-refractivity contribution in [1.82, 2.24) is 9.88 Å². The third-order valence-electron chi connectivity index (χ3n) is 3.83. The Labute approximate surface area is 127 Å². The first-order valence-corrected chi connectivity index (χ1v) is 7.80. The first-order valence-electron chi connectivity index (χ1n) is 7.01. The summed E-state index contributed by atoms with van der Waals surface area (Å²) in [6.45, 7) is 3.87. The minimum Gasteiger partial charge on any atom is -0.368 e. The lowest BCUT2D eigenvalue weighted by molar-refractivity contribution is -0.141. The lowest BCUT2D eigenvalue weighted by Gasteiger charge is -2.36. The number of hydrogen-bond acceptors (Lipinski definition) is 4. The number of rotatable bonds is 2. The van der Waals surface area contributed by atoms with E-state index < -0.39 is 0 Å². The van der Waals surface area contributed by atoms with Crippen LogP contribution < -0.4 is 4.90 Å². The Morgan fingerprint density at radius 3 is 2.70 bits per heavy atom. The van der Waals surface area contributed by atoms with Crippen LogP contribution in [-0.4, -0.2) is 54.7 Å². The summed E-state index contributed by atoms with van der Waals surface area (Å²) in [6, 6.07) is 3.99. The molecule has 20 heavy (non-hydrogen) atoms. The summed E-state index contributed by atoms with van der Waals surface area (Å²) in [5.74, 6) is 1.13. The van der Waals surface area contributed by atoms with Crippen LogP contribution in [0.25, 0.3) is 0 Å². The zero-order chi connectivity index (χ0) is 13.9. The molecule has 1 atom stereocenters. The molecule has 0 unspecified atom stereocenters. The van der Waals surface area contributed by atoms with Gasteiger partial charge in [0, 0.05) is 43.5 Å². The molecule has 1 amide bonds. The maximum Gasteiger partial charge on any atom is 0.251 e. The molecule has 0 radical (unpaired) electrons. The van der Waals surface area contributed by atoms with Crippen LogP contribution in [0, 0.1) is 0 Å². The fourth-order valence-corrected chi connectivity index (χ4v) is 2.92. The summed E-state index contributed by atoms with van der Waals surface area (Å²) in [5, 5.41) is 0. The van der Waals surface area contributed by atoms with E-state index in [-0.39, 0.29) is 12.0 Å². The Morgan fingerprint density at radius 2 is 2.10 bits per heavy atom. The molecule has 3 rings (SSSR count). The predicted octanol–water partition coefficient (Wildman–Crippen LogP) is 1.67. The Morgan fingerprint density at radius 1 is 1.30 bits per heavy atom. The molecule has 2 saturated heterocycles. The zero-order valence-electron chi connectivity index (χ0n) is 11.3. The van der Waals surface area contributed by atoms with Gasteiger partial charge in [0.05, 0.1) is 0 Å². The molecule has 3 heterocycles. The first kappa shape index (κ1) is 13.8. The molecular weight excluding hydrogens is 322 g/mol. The molecular formula is C14H18BrN3O2. The lowest BCUT2D eigenvalue weighted by Crippen LogP contribution is -2.51. The molecule has 0 N–H and O–H groups in total. The number of aromatic nitrogens is 1. The highest BCUT2D eigenvalue weighted by molar-refractivity contribution is 9.10. The molecule has 0 saturated carbocycles. The van der Waals surface area contributed by atoms with E-state index in [0.717, 1.165) is 55.9 Å². The Balaban J connectivity index is 1.56. The highest BCUT2D eigenvalue weighted by atomic mass is 79.9. The van der Waals surface area contributed by atoms with Crippen molar-refractivity contribution in [3.8, 4) is 0 Å². The lowest BCUT2D eigenvalue weighted by atomic mass is 10.2. The summed E-state index contributed by atoms with van der Waals surface area (Å²) in [7, 11) is 0. The minimum atomic E-state index is -0.202. The van der Waals surface area contributed by atoms with E-state index in [1.165, 1.54) is 0 Å². The van der Waals surface area contributed by atoms with Crippen molar-refractivity contribution < 1.29 is 9.53 Å². The maximum absolute atomic E-state index is 12.2. The van der Waals surface area contributed by atoms with Gasteiger partial charge in [0.15, 0.2) is 0 Å². The Kier molecular flexibility index (Phi) is 4.21. The van der Waals surface area contributed by atoms with Crippen molar-refractivity contribution in [2.45, 2.75) is 18.9 Å². The molecule has 0 aromatic carbocycles. The summed E-state index contributed by atoms with van der Waals surface area (Å²) >= 11 is 3.39.